The number of fused-ring (bicyclic) bond motifs is 1. The molecule has 0 spiro atoms. The number of aromatic nitrogens is 1. The van der Waals surface area contributed by atoms with Gasteiger partial charge < -0.3 is 25.5 Å². The predicted molar refractivity (Wildman–Crippen MR) is 126 cm³/mol. The predicted octanol–water partition coefficient (Wildman–Crippen LogP) is 4.32. The van der Waals surface area contributed by atoms with E-state index in [-0.39, 0.29) is 41.1 Å². The molecule has 180 valence electrons. The second-order valence-electron chi connectivity index (χ2n) is 8.74. The van der Waals surface area contributed by atoms with E-state index in [0.717, 1.165) is 23.3 Å². The van der Waals surface area contributed by atoms with Crippen LogP contribution in [0.15, 0.2) is 35.1 Å². The number of carbonyl (C=O) groups is 1. The van der Waals surface area contributed by atoms with Gasteiger partial charge >= 0.3 is 0 Å². The zero-order valence-electron chi connectivity index (χ0n) is 18.8. The second kappa shape index (κ2) is 9.23. The molecule has 3 heterocycles. The van der Waals surface area contributed by atoms with Crippen molar-refractivity contribution >= 4 is 39.9 Å². The maximum atomic E-state index is 14.0. The molecular weight excluding hydrogens is 466 g/mol. The van der Waals surface area contributed by atoms with E-state index in [0.29, 0.717) is 30.5 Å². The lowest BCUT2D eigenvalue weighted by atomic mass is 9.97. The van der Waals surface area contributed by atoms with Crippen molar-refractivity contribution in [2.45, 2.75) is 32.2 Å². The van der Waals surface area contributed by atoms with E-state index < -0.39 is 17.2 Å². The minimum Gasteiger partial charge on any atom is -0.486 e. The van der Waals surface area contributed by atoms with Crippen molar-refractivity contribution in [2.24, 2.45) is 5.73 Å². The molecule has 0 atom stereocenters. The molecule has 0 fully saturated rings. The Hall–Kier alpha value is -3.17. The van der Waals surface area contributed by atoms with Crippen molar-refractivity contribution in [2.75, 3.05) is 25.4 Å². The first-order valence-electron chi connectivity index (χ1n) is 10.8. The van der Waals surface area contributed by atoms with Gasteiger partial charge in [0.25, 0.3) is 0 Å². The Labute approximate surface area is 200 Å². The number of nitrogens with two attached hydrogens (primary N) is 2. The molecule has 0 unspecified atom stereocenters. The summed E-state index contributed by atoms with van der Waals surface area (Å²) in [6, 6.07) is 1.99. The van der Waals surface area contributed by atoms with Crippen LogP contribution < -0.4 is 16.2 Å². The molecule has 10 heteroatoms. The molecule has 3 aromatic rings. The smallest absolute Gasteiger partial charge is 0.242 e. The molecule has 1 aliphatic rings. The third-order valence-corrected chi connectivity index (χ3v) is 6.14. The fourth-order valence-corrected chi connectivity index (χ4v) is 4.18. The zero-order valence-corrected chi connectivity index (χ0v) is 19.6. The third-order valence-electron chi connectivity index (χ3n) is 5.73. The minimum absolute atomic E-state index is 0.0181. The summed E-state index contributed by atoms with van der Waals surface area (Å²) in [5, 5.41) is 0.423. The van der Waals surface area contributed by atoms with Gasteiger partial charge in [0, 0.05) is 36.8 Å². The summed E-state index contributed by atoms with van der Waals surface area (Å²) in [6.07, 6.45) is 5.80. The van der Waals surface area contributed by atoms with Crippen molar-refractivity contribution in [1.29, 1.82) is 0 Å². The fraction of sp³-hybridized carbons (Fsp3) is 0.333. The highest BCUT2D eigenvalue weighted by Gasteiger charge is 2.29. The van der Waals surface area contributed by atoms with Crippen LogP contribution in [0.25, 0.3) is 16.5 Å². The molecule has 2 aromatic heterocycles. The Kier molecular flexibility index (Phi) is 6.51. The van der Waals surface area contributed by atoms with Crippen molar-refractivity contribution in [3.8, 4) is 5.75 Å². The molecule has 4 N–H and O–H groups in total. The topological polar surface area (TPSA) is 108 Å². The Morgan fingerprint density at radius 1 is 1.32 bits per heavy atom. The van der Waals surface area contributed by atoms with Crippen LogP contribution in [0.3, 0.4) is 0 Å². The Morgan fingerprint density at radius 2 is 2.06 bits per heavy atom. The number of hydrogen-bond donors (Lipinski definition) is 2. The highest BCUT2D eigenvalue weighted by molar-refractivity contribution is 6.31. The first-order valence-corrected chi connectivity index (χ1v) is 11.1. The van der Waals surface area contributed by atoms with E-state index >= 15 is 0 Å². The van der Waals surface area contributed by atoms with Gasteiger partial charge in [0.1, 0.15) is 11.6 Å². The maximum Gasteiger partial charge on any atom is 0.242 e. The summed E-state index contributed by atoms with van der Waals surface area (Å²) >= 11 is 5.89. The van der Waals surface area contributed by atoms with Gasteiger partial charge in [-0.15, -0.1) is 0 Å². The molecule has 1 aromatic carbocycles. The number of nitrogens with zero attached hydrogens (tertiary/aromatic N) is 2. The fourth-order valence-electron chi connectivity index (χ4n) is 3.93. The van der Waals surface area contributed by atoms with Gasteiger partial charge in [0.05, 0.1) is 28.8 Å². The normalized spacial score (nSPS) is 14.4. The molecule has 7 nitrogen and oxygen atoms in total. The average Bonchev–Trinajstić information content (AvgIpc) is 3.23. The first kappa shape index (κ1) is 24.0. The monoisotopic (exact) mass is 490 g/mol. The van der Waals surface area contributed by atoms with Crippen LogP contribution in [0.1, 0.15) is 31.4 Å². The van der Waals surface area contributed by atoms with Crippen molar-refractivity contribution in [3.63, 3.8) is 0 Å². The Balaban J connectivity index is 1.54. The molecule has 1 aliphatic heterocycles. The molecular formula is C24H25ClF2N4O3. The van der Waals surface area contributed by atoms with Crippen molar-refractivity contribution in [3.05, 3.63) is 58.5 Å². The number of halogens is 3. The second-order valence-corrected chi connectivity index (χ2v) is 9.12. The van der Waals surface area contributed by atoms with Gasteiger partial charge in [-0.1, -0.05) is 17.7 Å². The largest absolute Gasteiger partial charge is 0.486 e. The summed E-state index contributed by atoms with van der Waals surface area (Å²) in [7, 11) is 0. The number of hydrogen-bond acceptors (Lipinski definition) is 6. The van der Waals surface area contributed by atoms with E-state index in [4.69, 9.17) is 32.2 Å². The van der Waals surface area contributed by atoms with E-state index in [1.165, 1.54) is 0 Å². The average molecular weight is 491 g/mol. The number of nitrogen functional groups attached to an aromatic ring is 1. The van der Waals surface area contributed by atoms with Crippen LogP contribution in [0.2, 0.25) is 5.02 Å². The van der Waals surface area contributed by atoms with Gasteiger partial charge in [-0.3, -0.25) is 4.79 Å². The number of rotatable bonds is 6. The molecule has 34 heavy (non-hydrogen) atoms. The maximum absolute atomic E-state index is 14.0. The SMILES string of the molecule is CC(C)(N)C(=O)N1CC=C(c2coc3c(OCCc4c(F)ccc(F)c4Cl)c(N)ncc23)CC1. The van der Waals surface area contributed by atoms with Gasteiger partial charge in [0.15, 0.2) is 11.4 Å². The number of ether oxygens (including phenoxy) is 1. The van der Waals surface area contributed by atoms with Crippen LogP contribution in [0.4, 0.5) is 14.6 Å². The number of anilines is 1. The van der Waals surface area contributed by atoms with Gasteiger partial charge in [-0.2, -0.15) is 0 Å². The molecule has 0 bridgehead atoms. The lowest BCUT2D eigenvalue weighted by molar-refractivity contribution is -0.135. The van der Waals surface area contributed by atoms with Crippen LogP contribution >= 0.6 is 11.6 Å². The summed E-state index contributed by atoms with van der Waals surface area (Å²) in [5.41, 5.74) is 13.3. The molecule has 0 saturated carbocycles. The van der Waals surface area contributed by atoms with Gasteiger partial charge in [-0.25, -0.2) is 13.8 Å². The number of pyridine rings is 1. The molecule has 4 rings (SSSR count). The van der Waals surface area contributed by atoms with E-state index in [1.807, 2.05) is 6.08 Å². The number of amides is 1. The van der Waals surface area contributed by atoms with E-state index in [2.05, 4.69) is 4.98 Å². The van der Waals surface area contributed by atoms with Crippen LogP contribution in [0.5, 0.6) is 5.75 Å². The molecule has 0 saturated heterocycles. The summed E-state index contributed by atoms with van der Waals surface area (Å²) in [6.45, 7) is 4.32. The molecule has 0 radical (unpaired) electrons. The summed E-state index contributed by atoms with van der Waals surface area (Å²) in [4.78, 5) is 18.4. The van der Waals surface area contributed by atoms with Crippen LogP contribution in [-0.2, 0) is 11.2 Å². The number of benzene rings is 1. The molecule has 1 amide bonds. The number of carbonyl (C=O) groups excluding carboxylic acids is 1. The number of furan rings is 1. The quantitative estimate of drug-likeness (QED) is 0.498. The standard InChI is InChI=1S/C24H25ClF2N4O3/c1-24(2,29)23(32)31-8-5-13(6-9-31)16-12-34-20-15(16)11-30-22(28)21(20)33-10-7-14-17(26)3-4-18(27)19(14)25/h3-5,11-12H,6-10,29H2,1-2H3,(H2,28,30). The Bertz CT molecular complexity index is 1280. The highest BCUT2D eigenvalue weighted by atomic mass is 35.5. The molecule has 0 aliphatic carbocycles. The zero-order chi connectivity index (χ0) is 24.6. The van der Waals surface area contributed by atoms with E-state index in [1.54, 1.807) is 31.2 Å². The van der Waals surface area contributed by atoms with Gasteiger partial charge in [-0.05, 0) is 38.0 Å². The van der Waals surface area contributed by atoms with Crippen molar-refractivity contribution < 1.29 is 22.7 Å². The van der Waals surface area contributed by atoms with E-state index in [9.17, 15) is 13.6 Å². The van der Waals surface area contributed by atoms with Gasteiger partial charge in [0.2, 0.25) is 11.7 Å². The third kappa shape index (κ3) is 4.58. The lowest BCUT2D eigenvalue weighted by Gasteiger charge is -2.31. The summed E-state index contributed by atoms with van der Waals surface area (Å²) in [5.74, 6) is -1.10. The minimum atomic E-state index is -0.931. The Morgan fingerprint density at radius 3 is 2.74 bits per heavy atom. The first-order chi connectivity index (χ1) is 16.1. The highest BCUT2D eigenvalue weighted by Crippen LogP contribution is 2.37. The lowest BCUT2D eigenvalue weighted by Crippen LogP contribution is -2.52. The van der Waals surface area contributed by atoms with Crippen LogP contribution in [0, 0.1) is 11.6 Å². The van der Waals surface area contributed by atoms with Crippen molar-refractivity contribution in [1.82, 2.24) is 9.88 Å². The van der Waals surface area contributed by atoms with Crippen LogP contribution in [-0.4, -0.2) is 41.0 Å². The summed E-state index contributed by atoms with van der Waals surface area (Å²) < 4.78 is 39.3.